The van der Waals surface area contributed by atoms with Crippen molar-refractivity contribution in [1.82, 2.24) is 0 Å². The van der Waals surface area contributed by atoms with Crippen molar-refractivity contribution in [3.8, 4) is 12.1 Å². The van der Waals surface area contributed by atoms with Crippen molar-refractivity contribution >= 4 is 23.2 Å². The summed E-state index contributed by atoms with van der Waals surface area (Å²) in [4.78, 5) is 0. The van der Waals surface area contributed by atoms with Crippen molar-refractivity contribution in [2.24, 2.45) is 11.8 Å². The Balaban J connectivity index is 2.68. The molecular weight excluding hydrogens is 195 g/mol. The lowest BCUT2D eigenvalue weighted by molar-refractivity contribution is 0.361. The summed E-state index contributed by atoms with van der Waals surface area (Å²) in [5.41, 5.74) is 0. The Morgan fingerprint density at radius 2 is 1.25 bits per heavy atom. The molecule has 1 saturated carbocycles. The molecule has 4 atom stereocenters. The molecule has 0 radical (unpaired) electrons. The number of halogens is 2. The van der Waals surface area contributed by atoms with Crippen molar-refractivity contribution in [2.75, 3.05) is 0 Å². The molecule has 0 N–H and O–H groups in total. The van der Waals surface area contributed by atoms with Crippen molar-refractivity contribution in [3.05, 3.63) is 0 Å². The van der Waals surface area contributed by atoms with Gasteiger partial charge in [-0.2, -0.15) is 10.5 Å². The standard InChI is InChI=1S/C8H8Cl2N2/c9-7-1-5(3-11)6(4-12)2-8(7)10/h5-8H,1-2H2. The molecule has 0 saturated heterocycles. The van der Waals surface area contributed by atoms with Gasteiger partial charge in [0.2, 0.25) is 0 Å². The lowest BCUT2D eigenvalue weighted by Gasteiger charge is -2.28. The third-order valence-corrected chi connectivity index (χ3v) is 3.26. The molecule has 64 valence electrons. The van der Waals surface area contributed by atoms with Crippen LogP contribution in [0, 0.1) is 34.5 Å². The van der Waals surface area contributed by atoms with Gasteiger partial charge < -0.3 is 0 Å². The molecule has 1 aliphatic rings. The molecule has 4 heteroatoms. The predicted octanol–water partition coefficient (Wildman–Crippen LogP) is 2.27. The normalized spacial score (nSPS) is 41.3. The first kappa shape index (κ1) is 9.65. The van der Waals surface area contributed by atoms with E-state index in [1.807, 2.05) is 0 Å². The zero-order valence-corrected chi connectivity index (χ0v) is 7.89. The summed E-state index contributed by atoms with van der Waals surface area (Å²) in [6, 6.07) is 4.18. The van der Waals surface area contributed by atoms with Crippen LogP contribution in [0.2, 0.25) is 0 Å². The maximum atomic E-state index is 8.69. The summed E-state index contributed by atoms with van der Waals surface area (Å²) in [7, 11) is 0. The van der Waals surface area contributed by atoms with Gasteiger partial charge in [0.1, 0.15) is 0 Å². The summed E-state index contributed by atoms with van der Waals surface area (Å²) < 4.78 is 0. The minimum Gasteiger partial charge on any atom is -0.198 e. The van der Waals surface area contributed by atoms with Crippen LogP contribution >= 0.6 is 23.2 Å². The van der Waals surface area contributed by atoms with E-state index in [1.54, 1.807) is 0 Å². The molecule has 0 spiro atoms. The molecule has 0 heterocycles. The Morgan fingerprint density at radius 1 is 0.917 bits per heavy atom. The van der Waals surface area contributed by atoms with Gasteiger partial charge in [-0.05, 0) is 12.8 Å². The van der Waals surface area contributed by atoms with Gasteiger partial charge >= 0.3 is 0 Å². The van der Waals surface area contributed by atoms with E-state index in [4.69, 9.17) is 33.7 Å². The Labute approximate surface area is 81.7 Å². The molecule has 12 heavy (non-hydrogen) atoms. The second kappa shape index (κ2) is 3.99. The van der Waals surface area contributed by atoms with Gasteiger partial charge in [-0.25, -0.2) is 0 Å². The van der Waals surface area contributed by atoms with E-state index in [9.17, 15) is 0 Å². The lowest BCUT2D eigenvalue weighted by Crippen LogP contribution is -2.31. The maximum absolute atomic E-state index is 8.69. The van der Waals surface area contributed by atoms with Gasteiger partial charge in [0.15, 0.2) is 0 Å². The Hall–Kier alpha value is -0.440. The van der Waals surface area contributed by atoms with E-state index in [1.165, 1.54) is 0 Å². The third kappa shape index (κ3) is 1.83. The predicted molar refractivity (Wildman–Crippen MR) is 46.7 cm³/mol. The second-order valence-corrected chi connectivity index (χ2v) is 4.10. The molecule has 0 aromatic carbocycles. The van der Waals surface area contributed by atoms with Crippen molar-refractivity contribution in [3.63, 3.8) is 0 Å². The van der Waals surface area contributed by atoms with Gasteiger partial charge in [0, 0.05) is 0 Å². The van der Waals surface area contributed by atoms with Crippen LogP contribution in [0.25, 0.3) is 0 Å². The van der Waals surface area contributed by atoms with Crippen molar-refractivity contribution < 1.29 is 0 Å². The molecule has 1 rings (SSSR count). The van der Waals surface area contributed by atoms with Crippen LogP contribution < -0.4 is 0 Å². The van der Waals surface area contributed by atoms with Crippen LogP contribution in [0.15, 0.2) is 0 Å². The van der Waals surface area contributed by atoms with Crippen LogP contribution in [0.5, 0.6) is 0 Å². The molecule has 0 aliphatic heterocycles. The highest BCUT2D eigenvalue weighted by molar-refractivity contribution is 6.30. The maximum Gasteiger partial charge on any atom is 0.0670 e. The molecule has 0 bridgehead atoms. The Bertz CT molecular complexity index is 214. The average Bonchev–Trinajstić information content (AvgIpc) is 2.09. The van der Waals surface area contributed by atoms with E-state index in [0.29, 0.717) is 12.8 Å². The Kier molecular flexibility index (Phi) is 3.20. The second-order valence-electron chi connectivity index (χ2n) is 2.97. The number of rotatable bonds is 0. The number of alkyl halides is 2. The van der Waals surface area contributed by atoms with E-state index in [0.717, 1.165) is 0 Å². The topological polar surface area (TPSA) is 47.6 Å². The van der Waals surface area contributed by atoms with Gasteiger partial charge in [-0.15, -0.1) is 23.2 Å². The minimum absolute atomic E-state index is 0.166. The minimum atomic E-state index is -0.243. The third-order valence-electron chi connectivity index (χ3n) is 2.17. The van der Waals surface area contributed by atoms with Gasteiger partial charge in [-0.1, -0.05) is 0 Å². The summed E-state index contributed by atoms with van der Waals surface area (Å²) in [5.74, 6) is -0.486. The summed E-state index contributed by atoms with van der Waals surface area (Å²) in [6.45, 7) is 0. The number of nitriles is 2. The fourth-order valence-corrected chi connectivity index (χ4v) is 1.98. The highest BCUT2D eigenvalue weighted by atomic mass is 35.5. The fourth-order valence-electron chi connectivity index (χ4n) is 1.39. The van der Waals surface area contributed by atoms with Crippen LogP contribution in [0.4, 0.5) is 0 Å². The average molecular weight is 203 g/mol. The molecule has 0 aromatic rings. The van der Waals surface area contributed by atoms with Crippen molar-refractivity contribution in [1.29, 1.82) is 10.5 Å². The largest absolute Gasteiger partial charge is 0.198 e. The molecular formula is C8H8Cl2N2. The van der Waals surface area contributed by atoms with E-state index >= 15 is 0 Å². The quantitative estimate of drug-likeness (QED) is 0.567. The lowest BCUT2D eigenvalue weighted by atomic mass is 9.80. The first-order valence-electron chi connectivity index (χ1n) is 3.76. The van der Waals surface area contributed by atoms with Crippen LogP contribution in [-0.4, -0.2) is 10.8 Å². The molecule has 1 aliphatic carbocycles. The summed E-state index contributed by atoms with van der Waals surface area (Å²) in [6.07, 6.45) is 1.06. The number of hydrogen-bond acceptors (Lipinski definition) is 2. The first-order chi connectivity index (χ1) is 5.69. The number of nitrogens with zero attached hydrogens (tertiary/aromatic N) is 2. The summed E-state index contributed by atoms with van der Waals surface area (Å²) in [5, 5.41) is 17.1. The molecule has 0 aromatic heterocycles. The van der Waals surface area contributed by atoms with Crippen LogP contribution in [0.3, 0.4) is 0 Å². The SMILES string of the molecule is N#CC1CC(Cl)C(Cl)CC1C#N. The fraction of sp³-hybridized carbons (Fsp3) is 0.750. The highest BCUT2D eigenvalue weighted by Gasteiger charge is 2.35. The van der Waals surface area contributed by atoms with Crippen molar-refractivity contribution in [2.45, 2.75) is 23.6 Å². The van der Waals surface area contributed by atoms with Crippen LogP contribution in [0.1, 0.15) is 12.8 Å². The first-order valence-corrected chi connectivity index (χ1v) is 4.63. The van der Waals surface area contributed by atoms with E-state index in [2.05, 4.69) is 12.1 Å². The molecule has 1 fully saturated rings. The number of hydrogen-bond donors (Lipinski definition) is 0. The molecule has 0 amide bonds. The van der Waals surface area contributed by atoms with E-state index in [-0.39, 0.29) is 22.6 Å². The smallest absolute Gasteiger partial charge is 0.0670 e. The van der Waals surface area contributed by atoms with Gasteiger partial charge in [0.05, 0.1) is 34.7 Å². The highest BCUT2D eigenvalue weighted by Crippen LogP contribution is 2.35. The Morgan fingerprint density at radius 3 is 1.50 bits per heavy atom. The monoisotopic (exact) mass is 202 g/mol. The zero-order chi connectivity index (χ0) is 9.14. The van der Waals surface area contributed by atoms with Gasteiger partial charge in [-0.3, -0.25) is 0 Å². The summed E-state index contributed by atoms with van der Waals surface area (Å²) >= 11 is 11.7. The zero-order valence-electron chi connectivity index (χ0n) is 6.37. The molecule has 4 unspecified atom stereocenters. The van der Waals surface area contributed by atoms with Gasteiger partial charge in [0.25, 0.3) is 0 Å². The van der Waals surface area contributed by atoms with Crippen LogP contribution in [-0.2, 0) is 0 Å². The molecule has 2 nitrogen and oxygen atoms in total. The van der Waals surface area contributed by atoms with E-state index < -0.39 is 0 Å².